The molecule has 148 valence electrons. The van der Waals surface area contributed by atoms with Gasteiger partial charge in [-0.15, -0.1) is 0 Å². The van der Waals surface area contributed by atoms with Gasteiger partial charge in [0, 0.05) is 19.6 Å². The second-order valence-corrected chi connectivity index (χ2v) is 10.6. The largest absolute Gasteiger partial charge is 0.243 e. The number of rotatable bonds is 10. The van der Waals surface area contributed by atoms with Crippen LogP contribution in [0.1, 0.15) is 52.4 Å². The van der Waals surface area contributed by atoms with E-state index in [4.69, 9.17) is 0 Å². The van der Waals surface area contributed by atoms with Crippen molar-refractivity contribution in [2.24, 2.45) is 5.92 Å². The minimum atomic E-state index is -3.63. The lowest BCUT2D eigenvalue weighted by molar-refractivity contribution is 0.443. The quantitative estimate of drug-likeness (QED) is 0.652. The highest BCUT2D eigenvalue weighted by molar-refractivity contribution is 7.89. The van der Waals surface area contributed by atoms with Crippen LogP contribution in [0, 0.1) is 5.92 Å². The summed E-state index contributed by atoms with van der Waals surface area (Å²) in [7, 11) is -7.15. The summed E-state index contributed by atoms with van der Waals surface area (Å²) in [5, 5.41) is 0. The van der Waals surface area contributed by atoms with E-state index in [2.05, 4.69) is 18.6 Å². The average Bonchev–Trinajstić information content (AvgIpc) is 3.17. The number of nitrogens with zero attached hydrogens (tertiary/aromatic N) is 1. The maximum absolute atomic E-state index is 12.5. The fraction of sp³-hybridized carbons (Fsp3) is 0.667. The Morgan fingerprint density at radius 1 is 1.00 bits per heavy atom. The van der Waals surface area contributed by atoms with E-state index in [1.165, 1.54) is 28.6 Å². The van der Waals surface area contributed by atoms with Crippen LogP contribution in [0.3, 0.4) is 0 Å². The van der Waals surface area contributed by atoms with Gasteiger partial charge in [-0.05, 0) is 49.4 Å². The summed E-state index contributed by atoms with van der Waals surface area (Å²) in [6, 6.07) is 5.52. The highest BCUT2D eigenvalue weighted by atomic mass is 32.2. The first-order chi connectivity index (χ1) is 12.3. The van der Waals surface area contributed by atoms with Crippen LogP contribution in [0.4, 0.5) is 0 Å². The van der Waals surface area contributed by atoms with Gasteiger partial charge < -0.3 is 0 Å². The third-order valence-corrected chi connectivity index (χ3v) is 8.29. The lowest BCUT2D eigenvalue weighted by Gasteiger charge is -2.17. The molecule has 1 heterocycles. The standard InChI is InChI=1S/C18H30N2O4S2/c1-3-5-8-16(4-2)15-19-25(21,22)17-9-11-18(12-10-17)26(23,24)20-13-6-7-14-20/h9-12,16,19H,3-8,13-15H2,1-2H3. The molecule has 0 radical (unpaired) electrons. The van der Waals surface area contributed by atoms with E-state index in [0.29, 0.717) is 25.6 Å². The van der Waals surface area contributed by atoms with Crippen LogP contribution in [-0.4, -0.2) is 40.8 Å². The van der Waals surface area contributed by atoms with E-state index in [1.54, 1.807) is 0 Å². The molecule has 1 saturated heterocycles. The number of hydrogen-bond acceptors (Lipinski definition) is 4. The molecule has 6 nitrogen and oxygen atoms in total. The van der Waals surface area contributed by atoms with Gasteiger partial charge >= 0.3 is 0 Å². The zero-order valence-electron chi connectivity index (χ0n) is 15.6. The zero-order chi connectivity index (χ0) is 19.2. The van der Waals surface area contributed by atoms with Crippen LogP contribution in [-0.2, 0) is 20.0 Å². The van der Waals surface area contributed by atoms with Gasteiger partial charge in [-0.3, -0.25) is 0 Å². The molecular weight excluding hydrogens is 372 g/mol. The van der Waals surface area contributed by atoms with Gasteiger partial charge in [0.15, 0.2) is 0 Å². The van der Waals surface area contributed by atoms with Crippen LogP contribution in [0.25, 0.3) is 0 Å². The molecule has 1 fully saturated rings. The Morgan fingerprint density at radius 2 is 1.58 bits per heavy atom. The topological polar surface area (TPSA) is 83.5 Å². The molecule has 1 N–H and O–H groups in total. The maximum atomic E-state index is 12.5. The molecule has 1 unspecified atom stereocenters. The van der Waals surface area contributed by atoms with Crippen LogP contribution < -0.4 is 4.72 Å². The Hall–Kier alpha value is -0.960. The number of unbranched alkanes of at least 4 members (excludes halogenated alkanes) is 1. The molecule has 0 amide bonds. The van der Waals surface area contributed by atoms with Crippen molar-refractivity contribution < 1.29 is 16.8 Å². The van der Waals surface area contributed by atoms with Gasteiger partial charge in [-0.1, -0.05) is 33.1 Å². The highest BCUT2D eigenvalue weighted by Gasteiger charge is 2.27. The Labute approximate surface area is 158 Å². The van der Waals surface area contributed by atoms with Crippen LogP contribution in [0.2, 0.25) is 0 Å². The first-order valence-electron chi connectivity index (χ1n) is 9.41. The predicted octanol–water partition coefficient (Wildman–Crippen LogP) is 2.97. The molecule has 1 atom stereocenters. The predicted molar refractivity (Wildman–Crippen MR) is 103 cm³/mol. The SMILES string of the molecule is CCCCC(CC)CNS(=O)(=O)c1ccc(S(=O)(=O)N2CCCC2)cc1. The number of benzene rings is 1. The highest BCUT2D eigenvalue weighted by Crippen LogP contribution is 2.22. The molecular formula is C18H30N2O4S2. The van der Waals surface area contributed by atoms with Crippen molar-refractivity contribution >= 4 is 20.0 Å². The average molecular weight is 403 g/mol. The normalized spacial score (nSPS) is 17.5. The fourth-order valence-corrected chi connectivity index (χ4v) is 5.76. The molecule has 1 aromatic carbocycles. The minimum absolute atomic E-state index is 0.100. The monoisotopic (exact) mass is 402 g/mol. The Balaban J connectivity index is 2.06. The summed E-state index contributed by atoms with van der Waals surface area (Å²) in [6.45, 7) is 5.65. The van der Waals surface area contributed by atoms with Crippen LogP contribution in [0.15, 0.2) is 34.1 Å². The van der Waals surface area contributed by atoms with Crippen LogP contribution in [0.5, 0.6) is 0 Å². The summed E-state index contributed by atoms with van der Waals surface area (Å²) in [5.74, 6) is 0.319. The summed E-state index contributed by atoms with van der Waals surface area (Å²) >= 11 is 0. The maximum Gasteiger partial charge on any atom is 0.243 e. The van der Waals surface area contributed by atoms with Gasteiger partial charge in [0.2, 0.25) is 20.0 Å². The van der Waals surface area contributed by atoms with E-state index in [-0.39, 0.29) is 9.79 Å². The molecule has 26 heavy (non-hydrogen) atoms. The van der Waals surface area contributed by atoms with E-state index in [9.17, 15) is 16.8 Å². The summed E-state index contributed by atoms with van der Waals surface area (Å²) in [4.78, 5) is 0.246. The van der Waals surface area contributed by atoms with Crippen molar-refractivity contribution in [1.29, 1.82) is 0 Å². The van der Waals surface area contributed by atoms with Crippen molar-refractivity contribution in [2.45, 2.75) is 62.2 Å². The Bertz CT molecular complexity index is 768. The van der Waals surface area contributed by atoms with Crippen molar-refractivity contribution in [3.63, 3.8) is 0 Å². The summed E-state index contributed by atoms with van der Waals surface area (Å²) in [5.41, 5.74) is 0. The van der Waals surface area contributed by atoms with Crippen molar-refractivity contribution in [1.82, 2.24) is 9.03 Å². The van der Waals surface area contributed by atoms with Crippen molar-refractivity contribution in [2.75, 3.05) is 19.6 Å². The molecule has 1 aromatic rings. The molecule has 2 rings (SSSR count). The molecule has 0 bridgehead atoms. The van der Waals surface area contributed by atoms with Gasteiger partial charge in [0.1, 0.15) is 0 Å². The molecule has 0 aliphatic carbocycles. The van der Waals surface area contributed by atoms with Gasteiger partial charge in [0.25, 0.3) is 0 Å². The first kappa shape index (κ1) is 21.3. The molecule has 8 heteroatoms. The van der Waals surface area contributed by atoms with E-state index in [1.807, 2.05) is 0 Å². The summed E-state index contributed by atoms with van der Waals surface area (Å²) in [6.07, 6.45) is 5.84. The van der Waals surface area contributed by atoms with E-state index >= 15 is 0 Å². The smallest absolute Gasteiger partial charge is 0.211 e. The second-order valence-electron chi connectivity index (χ2n) is 6.85. The lowest BCUT2D eigenvalue weighted by atomic mass is 10.00. The van der Waals surface area contributed by atoms with Crippen molar-refractivity contribution in [3.8, 4) is 0 Å². The molecule has 0 spiro atoms. The van der Waals surface area contributed by atoms with E-state index in [0.717, 1.165) is 38.5 Å². The fourth-order valence-electron chi connectivity index (χ4n) is 3.12. The zero-order valence-corrected chi connectivity index (χ0v) is 17.3. The molecule has 0 saturated carbocycles. The lowest BCUT2D eigenvalue weighted by Crippen LogP contribution is -2.30. The molecule has 1 aliphatic heterocycles. The molecule has 1 aliphatic rings. The molecule has 0 aromatic heterocycles. The number of nitrogens with one attached hydrogen (secondary N) is 1. The van der Waals surface area contributed by atoms with Gasteiger partial charge in [0.05, 0.1) is 9.79 Å². The number of sulfonamides is 2. The third kappa shape index (κ3) is 5.28. The Morgan fingerprint density at radius 3 is 2.12 bits per heavy atom. The van der Waals surface area contributed by atoms with Crippen molar-refractivity contribution in [3.05, 3.63) is 24.3 Å². The first-order valence-corrected chi connectivity index (χ1v) is 12.3. The summed E-state index contributed by atoms with van der Waals surface area (Å²) < 4.78 is 54.1. The third-order valence-electron chi connectivity index (χ3n) is 4.94. The number of hydrogen-bond donors (Lipinski definition) is 1. The van der Waals surface area contributed by atoms with E-state index < -0.39 is 20.0 Å². The minimum Gasteiger partial charge on any atom is -0.211 e. The van der Waals surface area contributed by atoms with Gasteiger partial charge in [-0.25, -0.2) is 21.6 Å². The van der Waals surface area contributed by atoms with Gasteiger partial charge in [-0.2, -0.15) is 4.31 Å². The van der Waals surface area contributed by atoms with Crippen LogP contribution >= 0.6 is 0 Å². The second kappa shape index (κ2) is 9.30. The Kier molecular flexibility index (Phi) is 7.63.